The van der Waals surface area contributed by atoms with Crippen molar-refractivity contribution in [1.82, 2.24) is 10.6 Å². The molecule has 0 bridgehead atoms. The van der Waals surface area contributed by atoms with Gasteiger partial charge >= 0.3 is 0 Å². The molecule has 3 rings (SSSR count). The van der Waals surface area contributed by atoms with Crippen LogP contribution in [-0.2, 0) is 9.59 Å². The van der Waals surface area contributed by atoms with Crippen LogP contribution in [0.15, 0.2) is 30.3 Å². The Labute approximate surface area is 124 Å². The second-order valence-electron chi connectivity index (χ2n) is 5.88. The molecular weight excluding hydrogens is 266 g/mol. The van der Waals surface area contributed by atoms with Crippen molar-refractivity contribution >= 4 is 17.5 Å². The van der Waals surface area contributed by atoms with Crippen LogP contribution in [0.4, 0.5) is 5.69 Å². The Bertz CT molecular complexity index is 528. The molecule has 5 heteroatoms. The Balaban J connectivity index is 1.60. The Hall–Kier alpha value is -1.88. The summed E-state index contributed by atoms with van der Waals surface area (Å²) in [5, 5.41) is 6.09. The highest BCUT2D eigenvalue weighted by Gasteiger charge is 2.36. The van der Waals surface area contributed by atoms with Gasteiger partial charge in [0.1, 0.15) is 6.04 Å². The highest BCUT2D eigenvalue weighted by molar-refractivity contribution is 6.01. The van der Waals surface area contributed by atoms with Crippen LogP contribution in [0.2, 0.25) is 0 Å². The zero-order chi connectivity index (χ0) is 14.8. The van der Waals surface area contributed by atoms with Gasteiger partial charge in [-0.05, 0) is 37.6 Å². The fourth-order valence-corrected chi connectivity index (χ4v) is 2.86. The first-order chi connectivity index (χ1) is 10.2. The zero-order valence-corrected chi connectivity index (χ0v) is 12.2. The molecule has 1 aromatic rings. The predicted octanol–water partition coefficient (Wildman–Crippen LogP) is 0.764. The summed E-state index contributed by atoms with van der Waals surface area (Å²) in [5.41, 5.74) is 0.899. The molecule has 21 heavy (non-hydrogen) atoms. The highest BCUT2D eigenvalue weighted by Crippen LogP contribution is 2.22. The third-order valence-corrected chi connectivity index (χ3v) is 4.52. The molecular formula is C16H21N3O2. The van der Waals surface area contributed by atoms with E-state index in [1.165, 1.54) is 0 Å². The summed E-state index contributed by atoms with van der Waals surface area (Å²) in [5.74, 6) is 0.347. The van der Waals surface area contributed by atoms with Gasteiger partial charge in [-0.1, -0.05) is 25.1 Å². The van der Waals surface area contributed by atoms with Gasteiger partial charge in [0.15, 0.2) is 0 Å². The van der Waals surface area contributed by atoms with E-state index < -0.39 is 0 Å². The van der Waals surface area contributed by atoms with Crippen molar-refractivity contribution in [2.45, 2.75) is 19.4 Å². The first kappa shape index (κ1) is 14.1. The Morgan fingerprint density at radius 1 is 1.33 bits per heavy atom. The molecule has 0 radical (unpaired) electrons. The lowest BCUT2D eigenvalue weighted by atomic mass is 9.88. The standard InChI is InChI=1S/C16H21N3O2/c1-11(12-9-17-10-12)15(20)18-14-7-8-19(16(14)21)13-5-3-2-4-6-13/h2-6,11-12,14,17H,7-10H2,1H3,(H,18,20). The maximum atomic E-state index is 12.4. The van der Waals surface area contributed by atoms with Crippen molar-refractivity contribution in [2.24, 2.45) is 11.8 Å². The monoisotopic (exact) mass is 287 g/mol. The van der Waals surface area contributed by atoms with Crippen LogP contribution in [0.3, 0.4) is 0 Å². The first-order valence-electron chi connectivity index (χ1n) is 7.54. The minimum absolute atomic E-state index is 0.00485. The molecule has 1 aromatic carbocycles. The number of hydrogen-bond donors (Lipinski definition) is 2. The number of nitrogens with zero attached hydrogens (tertiary/aromatic N) is 1. The topological polar surface area (TPSA) is 61.4 Å². The van der Waals surface area contributed by atoms with Gasteiger partial charge in [-0.25, -0.2) is 0 Å². The van der Waals surface area contributed by atoms with Gasteiger partial charge in [-0.3, -0.25) is 9.59 Å². The SMILES string of the molecule is CC(C(=O)NC1CCN(c2ccccc2)C1=O)C1CNC1. The second kappa shape index (κ2) is 5.85. The highest BCUT2D eigenvalue weighted by atomic mass is 16.2. The van der Waals surface area contributed by atoms with Gasteiger partial charge in [-0.15, -0.1) is 0 Å². The lowest BCUT2D eigenvalue weighted by molar-refractivity contribution is -0.130. The van der Waals surface area contributed by atoms with E-state index in [0.717, 1.165) is 18.8 Å². The molecule has 112 valence electrons. The Morgan fingerprint density at radius 3 is 2.67 bits per heavy atom. The van der Waals surface area contributed by atoms with Gasteiger partial charge in [0.25, 0.3) is 0 Å². The summed E-state index contributed by atoms with van der Waals surface area (Å²) >= 11 is 0. The van der Waals surface area contributed by atoms with Crippen LogP contribution in [0.1, 0.15) is 13.3 Å². The molecule has 2 aliphatic rings. The largest absolute Gasteiger partial charge is 0.344 e. The van der Waals surface area contributed by atoms with Crippen molar-refractivity contribution < 1.29 is 9.59 Å². The summed E-state index contributed by atoms with van der Waals surface area (Å²) in [6.45, 7) is 4.38. The minimum atomic E-state index is -0.381. The van der Waals surface area contributed by atoms with Crippen molar-refractivity contribution in [3.05, 3.63) is 30.3 Å². The lowest BCUT2D eigenvalue weighted by Gasteiger charge is -2.32. The third kappa shape index (κ3) is 2.78. The number of anilines is 1. The summed E-state index contributed by atoms with van der Waals surface area (Å²) in [6, 6.07) is 9.22. The van der Waals surface area contributed by atoms with E-state index in [9.17, 15) is 9.59 Å². The Kier molecular flexibility index (Phi) is 3.92. The van der Waals surface area contributed by atoms with Crippen molar-refractivity contribution in [3.8, 4) is 0 Å². The number of amides is 2. The molecule has 2 unspecified atom stereocenters. The smallest absolute Gasteiger partial charge is 0.249 e. The van der Waals surface area contributed by atoms with Crippen LogP contribution in [0.25, 0.3) is 0 Å². The first-order valence-corrected chi connectivity index (χ1v) is 7.54. The van der Waals surface area contributed by atoms with Crippen LogP contribution in [0, 0.1) is 11.8 Å². The fourth-order valence-electron chi connectivity index (χ4n) is 2.86. The number of para-hydroxylation sites is 1. The number of benzene rings is 1. The molecule has 2 amide bonds. The molecule has 0 aromatic heterocycles. The van der Waals surface area contributed by atoms with E-state index in [1.54, 1.807) is 4.90 Å². The van der Waals surface area contributed by atoms with E-state index in [1.807, 2.05) is 37.3 Å². The van der Waals surface area contributed by atoms with Gasteiger partial charge in [0.2, 0.25) is 11.8 Å². The maximum Gasteiger partial charge on any atom is 0.249 e. The molecule has 2 aliphatic heterocycles. The fraction of sp³-hybridized carbons (Fsp3) is 0.500. The minimum Gasteiger partial charge on any atom is -0.344 e. The van der Waals surface area contributed by atoms with Gasteiger partial charge < -0.3 is 15.5 Å². The molecule has 2 heterocycles. The summed E-state index contributed by atoms with van der Waals surface area (Å²) in [6.07, 6.45) is 0.676. The normalized spacial score (nSPS) is 23.8. The summed E-state index contributed by atoms with van der Waals surface area (Å²) in [4.78, 5) is 26.4. The maximum absolute atomic E-state index is 12.4. The molecule has 2 fully saturated rings. The molecule has 0 saturated carbocycles. The summed E-state index contributed by atoms with van der Waals surface area (Å²) in [7, 11) is 0. The molecule has 0 spiro atoms. The van der Waals surface area contributed by atoms with Crippen LogP contribution in [0.5, 0.6) is 0 Å². The van der Waals surface area contributed by atoms with Gasteiger partial charge in [0.05, 0.1) is 0 Å². The van der Waals surface area contributed by atoms with E-state index in [0.29, 0.717) is 18.9 Å². The van der Waals surface area contributed by atoms with Gasteiger partial charge in [0, 0.05) is 18.2 Å². The molecule has 0 aliphatic carbocycles. The predicted molar refractivity (Wildman–Crippen MR) is 80.9 cm³/mol. The number of carbonyl (C=O) groups excluding carboxylic acids is 2. The van der Waals surface area contributed by atoms with Crippen LogP contribution >= 0.6 is 0 Å². The average Bonchev–Trinajstić information content (AvgIpc) is 2.79. The average molecular weight is 287 g/mol. The number of carbonyl (C=O) groups is 2. The summed E-state index contributed by atoms with van der Waals surface area (Å²) < 4.78 is 0. The van der Waals surface area contributed by atoms with E-state index in [-0.39, 0.29) is 23.8 Å². The number of rotatable bonds is 4. The second-order valence-corrected chi connectivity index (χ2v) is 5.88. The van der Waals surface area contributed by atoms with E-state index in [2.05, 4.69) is 10.6 Å². The quantitative estimate of drug-likeness (QED) is 0.859. The lowest BCUT2D eigenvalue weighted by Crippen LogP contribution is -2.52. The third-order valence-electron chi connectivity index (χ3n) is 4.52. The number of nitrogens with one attached hydrogen (secondary N) is 2. The molecule has 2 saturated heterocycles. The van der Waals surface area contributed by atoms with Crippen LogP contribution in [-0.4, -0.2) is 37.5 Å². The number of hydrogen-bond acceptors (Lipinski definition) is 3. The van der Waals surface area contributed by atoms with Gasteiger partial charge in [-0.2, -0.15) is 0 Å². The van der Waals surface area contributed by atoms with Crippen LogP contribution < -0.4 is 15.5 Å². The molecule has 2 atom stereocenters. The molecule has 2 N–H and O–H groups in total. The van der Waals surface area contributed by atoms with E-state index in [4.69, 9.17) is 0 Å². The Morgan fingerprint density at radius 2 is 2.05 bits per heavy atom. The zero-order valence-electron chi connectivity index (χ0n) is 12.2. The van der Waals surface area contributed by atoms with Crippen molar-refractivity contribution in [2.75, 3.05) is 24.5 Å². The van der Waals surface area contributed by atoms with Crippen molar-refractivity contribution in [1.29, 1.82) is 0 Å². The molecule has 5 nitrogen and oxygen atoms in total. The van der Waals surface area contributed by atoms with Crippen molar-refractivity contribution in [3.63, 3.8) is 0 Å². The van der Waals surface area contributed by atoms with E-state index >= 15 is 0 Å².